The molecular weight excluding hydrogens is 359 g/mol. The van der Waals surface area contributed by atoms with E-state index in [-0.39, 0.29) is 0 Å². The van der Waals surface area contributed by atoms with Crippen LogP contribution in [0.5, 0.6) is 5.75 Å². The topological polar surface area (TPSA) is 9.23 Å². The Balaban J connectivity index is 2.19. The second-order valence-electron chi connectivity index (χ2n) is 4.72. The number of halogens is 3. The lowest BCUT2D eigenvalue weighted by molar-refractivity contribution is 0.302. The molecule has 2 aromatic carbocycles. The van der Waals surface area contributed by atoms with Crippen molar-refractivity contribution in [2.45, 2.75) is 25.8 Å². The van der Waals surface area contributed by atoms with Crippen molar-refractivity contribution in [1.29, 1.82) is 0 Å². The van der Waals surface area contributed by atoms with Gasteiger partial charge >= 0.3 is 0 Å². The van der Waals surface area contributed by atoms with Crippen LogP contribution in [-0.2, 0) is 11.9 Å². The molecule has 0 radical (unpaired) electrons. The summed E-state index contributed by atoms with van der Waals surface area (Å²) in [7, 11) is 0. The molecule has 0 bridgehead atoms. The van der Waals surface area contributed by atoms with E-state index >= 15 is 0 Å². The normalized spacial score (nSPS) is 10.7. The molecule has 0 saturated carbocycles. The molecule has 0 aliphatic heterocycles. The summed E-state index contributed by atoms with van der Waals surface area (Å²) in [4.78, 5) is 0. The Morgan fingerprint density at radius 1 is 1.05 bits per heavy atom. The lowest BCUT2D eigenvalue weighted by Crippen LogP contribution is -2.00. The SMILES string of the molecule is Cc1cc(CBr)cc(C)c1OCc1ccc(Cl)cc1Cl. The number of aryl methyl sites for hydroxylation is 2. The van der Waals surface area contributed by atoms with Crippen molar-refractivity contribution in [2.24, 2.45) is 0 Å². The van der Waals surface area contributed by atoms with Gasteiger partial charge in [0.25, 0.3) is 0 Å². The summed E-state index contributed by atoms with van der Waals surface area (Å²) >= 11 is 15.5. The highest BCUT2D eigenvalue weighted by atomic mass is 79.9. The van der Waals surface area contributed by atoms with Crippen molar-refractivity contribution >= 4 is 39.1 Å². The monoisotopic (exact) mass is 372 g/mol. The van der Waals surface area contributed by atoms with Crippen molar-refractivity contribution in [3.8, 4) is 5.75 Å². The maximum Gasteiger partial charge on any atom is 0.125 e. The Kier molecular flexibility index (Phi) is 5.36. The first-order valence-corrected chi connectivity index (χ1v) is 8.12. The van der Waals surface area contributed by atoms with Crippen LogP contribution in [0.25, 0.3) is 0 Å². The predicted octanol–water partition coefficient (Wildman–Crippen LogP) is 6.08. The fourth-order valence-corrected chi connectivity index (χ4v) is 2.92. The summed E-state index contributed by atoms with van der Waals surface area (Å²) in [6.45, 7) is 4.54. The van der Waals surface area contributed by atoms with E-state index in [1.807, 2.05) is 12.1 Å². The van der Waals surface area contributed by atoms with Crippen LogP contribution >= 0.6 is 39.1 Å². The van der Waals surface area contributed by atoms with Crippen LogP contribution in [0.4, 0.5) is 0 Å². The molecule has 0 spiro atoms. The van der Waals surface area contributed by atoms with Crippen LogP contribution in [0.15, 0.2) is 30.3 Å². The van der Waals surface area contributed by atoms with E-state index in [1.54, 1.807) is 6.07 Å². The summed E-state index contributed by atoms with van der Waals surface area (Å²) in [5.74, 6) is 0.917. The van der Waals surface area contributed by atoms with Gasteiger partial charge in [-0.05, 0) is 42.7 Å². The maximum atomic E-state index is 6.15. The molecule has 0 heterocycles. The molecule has 20 heavy (non-hydrogen) atoms. The lowest BCUT2D eigenvalue weighted by Gasteiger charge is -2.14. The average molecular weight is 374 g/mol. The van der Waals surface area contributed by atoms with Crippen molar-refractivity contribution in [3.05, 3.63) is 62.6 Å². The highest BCUT2D eigenvalue weighted by Gasteiger charge is 2.08. The van der Waals surface area contributed by atoms with Gasteiger partial charge in [0.2, 0.25) is 0 Å². The summed E-state index contributed by atoms with van der Waals surface area (Å²) < 4.78 is 5.93. The van der Waals surface area contributed by atoms with Crippen LogP contribution in [0.1, 0.15) is 22.3 Å². The second kappa shape index (κ2) is 6.84. The third-order valence-electron chi connectivity index (χ3n) is 3.06. The Morgan fingerprint density at radius 2 is 1.70 bits per heavy atom. The quantitative estimate of drug-likeness (QED) is 0.589. The van der Waals surface area contributed by atoms with Crippen LogP contribution in [-0.4, -0.2) is 0 Å². The molecule has 106 valence electrons. The minimum atomic E-state index is 0.436. The van der Waals surface area contributed by atoms with E-state index < -0.39 is 0 Å². The number of hydrogen-bond donors (Lipinski definition) is 0. The molecule has 1 nitrogen and oxygen atoms in total. The number of alkyl halides is 1. The third-order valence-corrected chi connectivity index (χ3v) is 4.30. The molecule has 0 unspecified atom stereocenters. The van der Waals surface area contributed by atoms with Crippen LogP contribution in [0.3, 0.4) is 0 Å². The number of rotatable bonds is 4. The number of hydrogen-bond acceptors (Lipinski definition) is 1. The summed E-state index contributed by atoms with van der Waals surface area (Å²) in [5.41, 5.74) is 4.44. The second-order valence-corrected chi connectivity index (χ2v) is 6.12. The maximum absolute atomic E-state index is 6.15. The molecule has 0 atom stereocenters. The van der Waals surface area contributed by atoms with Crippen LogP contribution < -0.4 is 4.74 Å². The molecule has 4 heteroatoms. The van der Waals surface area contributed by atoms with Crippen molar-refractivity contribution < 1.29 is 4.74 Å². The van der Waals surface area contributed by atoms with E-state index in [0.29, 0.717) is 16.7 Å². The average Bonchev–Trinajstić information content (AvgIpc) is 2.39. The van der Waals surface area contributed by atoms with E-state index in [9.17, 15) is 0 Å². The molecule has 0 amide bonds. The van der Waals surface area contributed by atoms with Gasteiger partial charge in [-0.2, -0.15) is 0 Å². The summed E-state index contributed by atoms with van der Waals surface area (Å²) in [6, 6.07) is 9.69. The molecule has 0 aliphatic carbocycles. The Hall–Kier alpha value is -0.700. The molecule has 0 N–H and O–H groups in total. The van der Waals surface area contributed by atoms with Crippen LogP contribution in [0.2, 0.25) is 10.0 Å². The zero-order valence-electron chi connectivity index (χ0n) is 11.3. The third kappa shape index (κ3) is 3.69. The minimum Gasteiger partial charge on any atom is -0.488 e. The highest BCUT2D eigenvalue weighted by Crippen LogP contribution is 2.28. The van der Waals surface area contributed by atoms with Gasteiger partial charge in [-0.25, -0.2) is 0 Å². The van der Waals surface area contributed by atoms with Gasteiger partial charge < -0.3 is 4.74 Å². The lowest BCUT2D eigenvalue weighted by atomic mass is 10.1. The number of benzene rings is 2. The van der Waals surface area contributed by atoms with Gasteiger partial charge in [-0.15, -0.1) is 0 Å². The fourth-order valence-electron chi connectivity index (χ4n) is 2.13. The zero-order valence-corrected chi connectivity index (χ0v) is 14.4. The zero-order chi connectivity index (χ0) is 14.7. The first-order chi connectivity index (χ1) is 9.51. The van der Waals surface area contributed by atoms with Gasteiger partial charge in [-0.1, -0.05) is 57.3 Å². The molecular formula is C16H15BrCl2O. The Morgan fingerprint density at radius 3 is 2.25 bits per heavy atom. The summed E-state index contributed by atoms with van der Waals surface area (Å²) in [5, 5.41) is 2.11. The summed E-state index contributed by atoms with van der Waals surface area (Å²) in [6.07, 6.45) is 0. The van der Waals surface area contributed by atoms with Crippen molar-refractivity contribution in [2.75, 3.05) is 0 Å². The Bertz CT molecular complexity index is 603. The van der Waals surface area contributed by atoms with Crippen molar-refractivity contribution in [3.63, 3.8) is 0 Å². The Labute approximate surface area is 138 Å². The van der Waals surface area contributed by atoms with Gasteiger partial charge in [-0.3, -0.25) is 0 Å². The largest absolute Gasteiger partial charge is 0.488 e. The minimum absolute atomic E-state index is 0.436. The standard InChI is InChI=1S/C16H15BrCl2O/c1-10-5-12(8-17)6-11(2)16(10)20-9-13-3-4-14(18)7-15(13)19/h3-7H,8-9H2,1-2H3. The van der Waals surface area contributed by atoms with Gasteiger partial charge in [0, 0.05) is 20.9 Å². The smallest absolute Gasteiger partial charge is 0.125 e. The number of ether oxygens (including phenoxy) is 1. The first-order valence-electron chi connectivity index (χ1n) is 6.24. The van der Waals surface area contributed by atoms with E-state index in [2.05, 4.69) is 41.9 Å². The predicted molar refractivity (Wildman–Crippen MR) is 89.3 cm³/mol. The molecule has 0 fully saturated rings. The van der Waals surface area contributed by atoms with E-state index in [4.69, 9.17) is 27.9 Å². The van der Waals surface area contributed by atoms with Gasteiger partial charge in [0.15, 0.2) is 0 Å². The fraction of sp³-hybridized carbons (Fsp3) is 0.250. The van der Waals surface area contributed by atoms with Gasteiger partial charge in [0.1, 0.15) is 12.4 Å². The molecule has 0 aromatic heterocycles. The molecule has 2 aromatic rings. The molecule has 2 rings (SSSR count). The highest BCUT2D eigenvalue weighted by molar-refractivity contribution is 9.08. The molecule has 0 saturated heterocycles. The van der Waals surface area contributed by atoms with Gasteiger partial charge in [0.05, 0.1) is 0 Å². The van der Waals surface area contributed by atoms with Crippen LogP contribution in [0, 0.1) is 13.8 Å². The first kappa shape index (κ1) is 15.7. The van der Waals surface area contributed by atoms with E-state index in [1.165, 1.54) is 5.56 Å². The van der Waals surface area contributed by atoms with E-state index in [0.717, 1.165) is 27.8 Å². The molecule has 0 aliphatic rings. The van der Waals surface area contributed by atoms with Crippen molar-refractivity contribution in [1.82, 2.24) is 0 Å².